The van der Waals surface area contributed by atoms with Crippen molar-refractivity contribution in [2.24, 2.45) is 16.6 Å². The van der Waals surface area contributed by atoms with Gasteiger partial charge in [-0.05, 0) is 49.5 Å². The molecule has 1 aromatic heterocycles. The lowest BCUT2D eigenvalue weighted by Crippen LogP contribution is -2.50. The van der Waals surface area contributed by atoms with Crippen molar-refractivity contribution >= 4 is 27.9 Å². The van der Waals surface area contributed by atoms with Gasteiger partial charge in [-0.25, -0.2) is 36.5 Å². The van der Waals surface area contributed by atoms with Crippen LogP contribution in [0.4, 0.5) is 8.78 Å². The van der Waals surface area contributed by atoms with Crippen molar-refractivity contribution in [3.05, 3.63) is 53.2 Å². The zero-order valence-electron chi connectivity index (χ0n) is 18.3. The highest BCUT2D eigenvalue weighted by Crippen LogP contribution is 2.34. The highest BCUT2D eigenvalue weighted by Gasteiger charge is 2.41. The maximum Gasteiger partial charge on any atom is 0.239 e. The van der Waals surface area contributed by atoms with E-state index < -0.39 is 33.0 Å². The number of ether oxygens (including phenoxy) is 1. The number of nitrogens with zero attached hydrogens (tertiary/aromatic N) is 4. The molecule has 1 aliphatic carbocycles. The van der Waals surface area contributed by atoms with E-state index in [9.17, 15) is 17.2 Å². The second-order valence-corrected chi connectivity index (χ2v) is 10.5. The van der Waals surface area contributed by atoms with Crippen molar-refractivity contribution in [3.8, 4) is 5.88 Å². The van der Waals surface area contributed by atoms with Crippen LogP contribution < -0.4 is 10.5 Å². The number of benzene rings is 1. The highest BCUT2D eigenvalue weighted by atomic mass is 32.2. The van der Waals surface area contributed by atoms with Crippen molar-refractivity contribution in [3.63, 3.8) is 0 Å². The van der Waals surface area contributed by atoms with Gasteiger partial charge in [0.1, 0.15) is 17.1 Å². The maximum absolute atomic E-state index is 14.8. The second-order valence-electron chi connectivity index (χ2n) is 8.55. The van der Waals surface area contributed by atoms with Crippen LogP contribution in [0.5, 0.6) is 5.88 Å². The van der Waals surface area contributed by atoms with Crippen LogP contribution in [0, 0.1) is 11.7 Å². The number of halogens is 2. The molecule has 1 aromatic carbocycles. The van der Waals surface area contributed by atoms with Crippen LogP contribution in [0.15, 0.2) is 35.6 Å². The fourth-order valence-electron chi connectivity index (χ4n) is 3.73. The molecule has 2 aliphatic rings. The number of rotatable bonds is 6. The minimum absolute atomic E-state index is 0.00509. The third-order valence-electron chi connectivity index (χ3n) is 5.99. The summed E-state index contributed by atoms with van der Waals surface area (Å²) in [4.78, 5) is 12.3. The van der Waals surface area contributed by atoms with E-state index in [1.54, 1.807) is 0 Å². The minimum atomic E-state index is -3.78. The Labute approximate surface area is 191 Å². The first-order valence-electron chi connectivity index (χ1n) is 10.5. The number of sulfonamides is 1. The molecular formula is C22H25F2N5O3S. The summed E-state index contributed by atoms with van der Waals surface area (Å²) in [6, 6.07) is 3.87. The van der Waals surface area contributed by atoms with E-state index in [0.717, 1.165) is 23.2 Å². The Bertz CT molecular complexity index is 1210. The molecule has 1 fully saturated rings. The second kappa shape index (κ2) is 8.69. The molecule has 2 N–H and O–H groups in total. The fourth-order valence-corrected chi connectivity index (χ4v) is 5.18. The van der Waals surface area contributed by atoms with Gasteiger partial charge in [-0.2, -0.15) is 0 Å². The molecule has 8 nitrogen and oxygen atoms in total. The Balaban J connectivity index is 1.57. The topological polar surface area (TPSA) is 111 Å². The van der Waals surface area contributed by atoms with Crippen LogP contribution in [0.2, 0.25) is 0 Å². The van der Waals surface area contributed by atoms with Crippen molar-refractivity contribution in [2.75, 3.05) is 19.4 Å². The minimum Gasteiger partial charge on any atom is -0.476 e. The Morgan fingerprint density at radius 2 is 2.09 bits per heavy atom. The smallest absolute Gasteiger partial charge is 0.239 e. The average Bonchev–Trinajstić information content (AvgIpc) is 2.72. The normalized spacial score (nSPS) is 23.1. The first kappa shape index (κ1) is 23.1. The van der Waals surface area contributed by atoms with E-state index >= 15 is 0 Å². The van der Waals surface area contributed by atoms with E-state index in [-0.39, 0.29) is 17.2 Å². The van der Waals surface area contributed by atoms with E-state index in [2.05, 4.69) is 15.0 Å². The molecule has 1 saturated carbocycles. The number of nitrogens with two attached hydrogens (primary N) is 1. The summed E-state index contributed by atoms with van der Waals surface area (Å²) < 4.78 is 60.7. The fraction of sp³-hybridized carbons (Fsp3) is 0.409. The number of hydrogen-bond donors (Lipinski definition) is 1. The summed E-state index contributed by atoms with van der Waals surface area (Å²) in [6.45, 7) is 2.04. The molecule has 2 heterocycles. The molecule has 176 valence electrons. The first-order valence-corrected chi connectivity index (χ1v) is 12.1. The summed E-state index contributed by atoms with van der Waals surface area (Å²) in [5, 5.41) is 0. The van der Waals surface area contributed by atoms with Crippen molar-refractivity contribution < 1.29 is 21.9 Å². The average molecular weight is 478 g/mol. The molecule has 33 heavy (non-hydrogen) atoms. The van der Waals surface area contributed by atoms with Crippen molar-refractivity contribution in [1.29, 1.82) is 0 Å². The quantitative estimate of drug-likeness (QED) is 0.685. The molecule has 0 spiro atoms. The lowest BCUT2D eigenvalue weighted by atomic mass is 9.86. The van der Waals surface area contributed by atoms with E-state index in [4.69, 9.17) is 10.5 Å². The molecule has 1 aliphatic heterocycles. The van der Waals surface area contributed by atoms with E-state index in [1.807, 2.05) is 0 Å². The van der Waals surface area contributed by atoms with Crippen LogP contribution >= 0.6 is 0 Å². The van der Waals surface area contributed by atoms with Gasteiger partial charge >= 0.3 is 0 Å². The van der Waals surface area contributed by atoms with Gasteiger partial charge in [0, 0.05) is 12.6 Å². The SMILES string of the molecule is CN1C(N)=N[C@](C)(c2cc(/C=C(\F)c3cnc(OCC4CCC4)cn3)ccc2F)CS1(=O)=O. The van der Waals surface area contributed by atoms with Crippen LogP contribution in [0.3, 0.4) is 0 Å². The van der Waals surface area contributed by atoms with Gasteiger partial charge in [0.15, 0.2) is 5.83 Å². The van der Waals surface area contributed by atoms with Crippen LogP contribution in [0.25, 0.3) is 11.9 Å². The Morgan fingerprint density at radius 3 is 2.70 bits per heavy atom. The number of aromatic nitrogens is 2. The van der Waals surface area contributed by atoms with Crippen molar-refractivity contribution in [1.82, 2.24) is 14.3 Å². The van der Waals surface area contributed by atoms with Gasteiger partial charge < -0.3 is 10.5 Å². The Morgan fingerprint density at radius 1 is 1.33 bits per heavy atom. The molecule has 2 aromatic rings. The summed E-state index contributed by atoms with van der Waals surface area (Å²) in [5.41, 5.74) is 4.59. The van der Waals surface area contributed by atoms with Crippen LogP contribution in [-0.2, 0) is 15.6 Å². The van der Waals surface area contributed by atoms with Crippen molar-refractivity contribution in [2.45, 2.75) is 31.7 Å². The van der Waals surface area contributed by atoms with E-state index in [0.29, 0.717) is 24.0 Å². The molecule has 0 bridgehead atoms. The summed E-state index contributed by atoms with van der Waals surface area (Å²) in [5.74, 6) is -1.21. The zero-order valence-corrected chi connectivity index (χ0v) is 19.1. The third kappa shape index (κ3) is 4.82. The molecule has 0 radical (unpaired) electrons. The monoisotopic (exact) mass is 477 g/mol. The molecule has 1 atom stereocenters. The third-order valence-corrected chi connectivity index (χ3v) is 7.94. The largest absolute Gasteiger partial charge is 0.476 e. The predicted molar refractivity (Wildman–Crippen MR) is 121 cm³/mol. The number of aliphatic imine (C=N–C) groups is 1. The Hall–Kier alpha value is -3.08. The van der Waals surface area contributed by atoms with Gasteiger partial charge in [0.05, 0.1) is 24.8 Å². The van der Waals surface area contributed by atoms with Crippen LogP contribution in [-0.4, -0.2) is 48.1 Å². The Kier molecular flexibility index (Phi) is 6.08. The van der Waals surface area contributed by atoms with E-state index in [1.165, 1.54) is 51.0 Å². The van der Waals surface area contributed by atoms with Crippen LogP contribution in [0.1, 0.15) is 43.0 Å². The molecule has 0 unspecified atom stereocenters. The zero-order chi connectivity index (χ0) is 23.8. The van der Waals surface area contributed by atoms with Gasteiger partial charge in [0.25, 0.3) is 0 Å². The summed E-state index contributed by atoms with van der Waals surface area (Å²) in [6.07, 6.45) is 7.29. The molecule has 4 rings (SSSR count). The van der Waals surface area contributed by atoms with Gasteiger partial charge in [-0.3, -0.25) is 0 Å². The summed E-state index contributed by atoms with van der Waals surface area (Å²) in [7, 11) is -2.50. The highest BCUT2D eigenvalue weighted by molar-refractivity contribution is 7.89. The predicted octanol–water partition coefficient (Wildman–Crippen LogP) is 3.07. The van der Waals surface area contributed by atoms with Gasteiger partial charge in [0.2, 0.25) is 21.9 Å². The number of guanidine groups is 1. The van der Waals surface area contributed by atoms with Gasteiger partial charge in [-0.1, -0.05) is 12.5 Å². The lowest BCUT2D eigenvalue weighted by Gasteiger charge is -2.34. The maximum atomic E-state index is 14.8. The summed E-state index contributed by atoms with van der Waals surface area (Å²) >= 11 is 0. The number of hydrogen-bond acceptors (Lipinski definition) is 7. The molecule has 0 saturated heterocycles. The lowest BCUT2D eigenvalue weighted by molar-refractivity contribution is 0.175. The molecule has 0 amide bonds. The standard InChI is InChI=1S/C22H25F2N5O3S/c1-22(13-33(30,31)29(2)21(25)28-22)16-8-15(6-7-17(16)23)9-18(24)19-10-27-20(11-26-19)32-12-14-4-3-5-14/h6-11,14H,3-5,12-13H2,1-2H3,(H2,25,28)/b18-9-/t22-/m0/s1. The first-order chi connectivity index (χ1) is 15.6. The van der Waals surface area contributed by atoms with Gasteiger partial charge in [-0.15, -0.1) is 0 Å². The molecular weight excluding hydrogens is 452 g/mol. The molecule has 11 heteroatoms.